The van der Waals surface area contributed by atoms with Gasteiger partial charge in [-0.25, -0.2) is 9.97 Å². The van der Waals surface area contributed by atoms with Gasteiger partial charge in [0.25, 0.3) is 0 Å². The maximum absolute atomic E-state index is 5.84. The number of aryl methyl sites for hydroxylation is 1. The highest BCUT2D eigenvalue weighted by atomic mass is 16.5. The molecule has 94 valence electrons. The number of aromatic nitrogens is 2. The second kappa shape index (κ2) is 5.06. The number of para-hydroxylation sites is 1. The van der Waals surface area contributed by atoms with Crippen LogP contribution in [0.2, 0.25) is 0 Å². The second-order valence-corrected chi connectivity index (χ2v) is 4.30. The van der Waals surface area contributed by atoms with Crippen molar-refractivity contribution in [2.24, 2.45) is 0 Å². The first kappa shape index (κ1) is 11.7. The highest BCUT2D eigenvalue weighted by molar-refractivity contribution is 5.83. The van der Waals surface area contributed by atoms with E-state index in [0.717, 1.165) is 23.1 Å². The Labute approximate surface area is 111 Å². The van der Waals surface area contributed by atoms with E-state index in [1.54, 1.807) is 0 Å². The predicted molar refractivity (Wildman–Crippen MR) is 75.4 cm³/mol. The molecule has 3 nitrogen and oxygen atoms in total. The summed E-state index contributed by atoms with van der Waals surface area (Å²) in [7, 11) is 0. The molecule has 0 aliphatic heterocycles. The van der Waals surface area contributed by atoms with Crippen LogP contribution in [0.3, 0.4) is 0 Å². The fourth-order valence-electron chi connectivity index (χ4n) is 1.97. The summed E-state index contributed by atoms with van der Waals surface area (Å²) in [5.74, 6) is 1.39. The van der Waals surface area contributed by atoms with E-state index in [1.807, 2.05) is 36.4 Å². The van der Waals surface area contributed by atoms with Crippen molar-refractivity contribution in [1.29, 1.82) is 0 Å². The molecule has 0 N–H and O–H groups in total. The minimum absolute atomic E-state index is 0.592. The van der Waals surface area contributed by atoms with Crippen LogP contribution in [0.1, 0.15) is 12.5 Å². The largest absolute Gasteiger partial charge is 0.438 e. The number of nitrogens with zero attached hydrogens (tertiary/aromatic N) is 2. The normalized spacial score (nSPS) is 10.6. The first-order chi connectivity index (χ1) is 9.36. The molecule has 0 fully saturated rings. The number of hydrogen-bond acceptors (Lipinski definition) is 3. The minimum Gasteiger partial charge on any atom is -0.438 e. The van der Waals surface area contributed by atoms with Gasteiger partial charge in [-0.2, -0.15) is 0 Å². The monoisotopic (exact) mass is 250 g/mol. The standard InChI is InChI=1S/C16H14N2O/c1-2-12-7-9-13(10-8-12)19-16-14-5-3-4-6-15(14)17-11-18-16/h3-11H,2H2,1H3. The molecule has 0 bridgehead atoms. The van der Waals surface area contributed by atoms with Crippen LogP contribution in [-0.4, -0.2) is 9.97 Å². The van der Waals surface area contributed by atoms with Gasteiger partial charge in [-0.05, 0) is 36.2 Å². The third-order valence-electron chi connectivity index (χ3n) is 3.05. The number of fused-ring (bicyclic) bond motifs is 1. The molecule has 0 saturated carbocycles. The smallest absolute Gasteiger partial charge is 0.230 e. The van der Waals surface area contributed by atoms with Gasteiger partial charge in [0.05, 0.1) is 10.9 Å². The molecule has 19 heavy (non-hydrogen) atoms. The average molecular weight is 250 g/mol. The van der Waals surface area contributed by atoms with Crippen molar-refractivity contribution >= 4 is 10.9 Å². The summed E-state index contributed by atoms with van der Waals surface area (Å²) in [5.41, 5.74) is 2.18. The molecular formula is C16H14N2O. The number of hydrogen-bond donors (Lipinski definition) is 0. The maximum Gasteiger partial charge on any atom is 0.230 e. The van der Waals surface area contributed by atoms with Gasteiger partial charge in [0.1, 0.15) is 12.1 Å². The van der Waals surface area contributed by atoms with Crippen LogP contribution in [0.5, 0.6) is 11.6 Å². The fourth-order valence-corrected chi connectivity index (χ4v) is 1.97. The molecule has 2 aromatic carbocycles. The quantitative estimate of drug-likeness (QED) is 0.705. The Morgan fingerprint density at radius 3 is 2.53 bits per heavy atom. The van der Waals surface area contributed by atoms with Crippen LogP contribution >= 0.6 is 0 Å². The molecule has 0 atom stereocenters. The molecule has 3 aromatic rings. The van der Waals surface area contributed by atoms with Crippen LogP contribution in [0.4, 0.5) is 0 Å². The molecular weight excluding hydrogens is 236 g/mol. The lowest BCUT2D eigenvalue weighted by molar-refractivity contribution is 0.468. The van der Waals surface area contributed by atoms with E-state index in [-0.39, 0.29) is 0 Å². The average Bonchev–Trinajstić information content (AvgIpc) is 2.48. The van der Waals surface area contributed by atoms with Crippen LogP contribution in [0.25, 0.3) is 10.9 Å². The summed E-state index contributed by atoms with van der Waals surface area (Å²) < 4.78 is 5.84. The Morgan fingerprint density at radius 1 is 0.947 bits per heavy atom. The lowest BCUT2D eigenvalue weighted by atomic mass is 10.2. The minimum atomic E-state index is 0.592. The van der Waals surface area contributed by atoms with Crippen molar-refractivity contribution in [2.75, 3.05) is 0 Å². The van der Waals surface area contributed by atoms with Crippen molar-refractivity contribution in [3.63, 3.8) is 0 Å². The molecule has 3 heteroatoms. The van der Waals surface area contributed by atoms with Crippen molar-refractivity contribution in [3.8, 4) is 11.6 Å². The van der Waals surface area contributed by atoms with Crippen molar-refractivity contribution < 1.29 is 4.74 Å². The summed E-state index contributed by atoms with van der Waals surface area (Å²) in [5, 5.41) is 0.921. The van der Waals surface area contributed by atoms with Gasteiger partial charge >= 0.3 is 0 Å². The fraction of sp³-hybridized carbons (Fsp3) is 0.125. The van der Waals surface area contributed by atoms with E-state index < -0.39 is 0 Å². The topological polar surface area (TPSA) is 35.0 Å². The lowest BCUT2D eigenvalue weighted by Gasteiger charge is -2.07. The van der Waals surface area contributed by atoms with Gasteiger partial charge < -0.3 is 4.74 Å². The summed E-state index contributed by atoms with van der Waals surface area (Å²) in [6, 6.07) is 15.9. The Balaban J connectivity index is 1.96. The van der Waals surface area contributed by atoms with E-state index >= 15 is 0 Å². The highest BCUT2D eigenvalue weighted by Crippen LogP contribution is 2.26. The molecule has 0 amide bonds. The summed E-state index contributed by atoms with van der Waals surface area (Å²) in [6.45, 7) is 2.13. The van der Waals surface area contributed by atoms with E-state index in [9.17, 15) is 0 Å². The Hall–Kier alpha value is -2.42. The number of ether oxygens (including phenoxy) is 1. The van der Waals surface area contributed by atoms with E-state index in [2.05, 4.69) is 29.0 Å². The van der Waals surface area contributed by atoms with Crippen LogP contribution < -0.4 is 4.74 Å². The van der Waals surface area contributed by atoms with Crippen molar-refractivity contribution in [2.45, 2.75) is 13.3 Å². The van der Waals surface area contributed by atoms with Crippen LogP contribution in [0, 0.1) is 0 Å². The summed E-state index contributed by atoms with van der Waals surface area (Å²) >= 11 is 0. The molecule has 1 heterocycles. The van der Waals surface area contributed by atoms with Crippen LogP contribution in [-0.2, 0) is 6.42 Å². The molecule has 0 aliphatic rings. The van der Waals surface area contributed by atoms with E-state index in [4.69, 9.17) is 4.74 Å². The van der Waals surface area contributed by atoms with Crippen molar-refractivity contribution in [3.05, 3.63) is 60.4 Å². The summed E-state index contributed by atoms with van der Waals surface area (Å²) in [6.07, 6.45) is 2.55. The SMILES string of the molecule is CCc1ccc(Oc2ncnc3ccccc23)cc1. The van der Waals surface area contributed by atoms with Crippen LogP contribution in [0.15, 0.2) is 54.9 Å². The number of rotatable bonds is 3. The Kier molecular flexibility index (Phi) is 3.11. The Bertz CT molecular complexity index is 687. The molecule has 0 unspecified atom stereocenters. The van der Waals surface area contributed by atoms with Gasteiger partial charge in [0, 0.05) is 0 Å². The zero-order valence-electron chi connectivity index (χ0n) is 10.7. The van der Waals surface area contributed by atoms with Gasteiger partial charge in [-0.15, -0.1) is 0 Å². The summed E-state index contributed by atoms with van der Waals surface area (Å²) in [4.78, 5) is 8.43. The van der Waals surface area contributed by atoms with Gasteiger partial charge in [-0.1, -0.05) is 31.2 Å². The molecule has 1 aromatic heterocycles. The zero-order chi connectivity index (χ0) is 13.1. The molecule has 0 spiro atoms. The van der Waals surface area contributed by atoms with E-state index in [1.165, 1.54) is 11.9 Å². The first-order valence-electron chi connectivity index (χ1n) is 6.33. The van der Waals surface area contributed by atoms with Gasteiger partial charge in [-0.3, -0.25) is 0 Å². The zero-order valence-corrected chi connectivity index (χ0v) is 10.7. The van der Waals surface area contributed by atoms with Gasteiger partial charge in [0.2, 0.25) is 5.88 Å². The molecule has 3 rings (SSSR count). The van der Waals surface area contributed by atoms with Crippen molar-refractivity contribution in [1.82, 2.24) is 9.97 Å². The Morgan fingerprint density at radius 2 is 1.74 bits per heavy atom. The third-order valence-corrected chi connectivity index (χ3v) is 3.05. The highest BCUT2D eigenvalue weighted by Gasteiger charge is 2.05. The third kappa shape index (κ3) is 2.40. The van der Waals surface area contributed by atoms with Gasteiger partial charge in [0.15, 0.2) is 0 Å². The molecule has 0 radical (unpaired) electrons. The molecule has 0 aliphatic carbocycles. The van der Waals surface area contributed by atoms with E-state index in [0.29, 0.717) is 5.88 Å². The maximum atomic E-state index is 5.84. The predicted octanol–water partition coefficient (Wildman–Crippen LogP) is 3.98. The molecule has 0 saturated heterocycles. The first-order valence-corrected chi connectivity index (χ1v) is 6.33. The second-order valence-electron chi connectivity index (χ2n) is 4.30. The number of benzene rings is 2. The lowest BCUT2D eigenvalue weighted by Crippen LogP contribution is -1.91.